The number of Topliss-reactive ketones (excluding diaryl/α,β-unsaturated/α-hetero) is 1. The molecule has 0 aliphatic carbocycles. The number of esters is 1. The van der Waals surface area contributed by atoms with E-state index in [2.05, 4.69) is 10.1 Å². The van der Waals surface area contributed by atoms with E-state index < -0.39 is 22.6 Å². The molecule has 0 bridgehead atoms. The van der Waals surface area contributed by atoms with Crippen LogP contribution in [0.25, 0.3) is 0 Å². The van der Waals surface area contributed by atoms with Gasteiger partial charge >= 0.3 is 5.97 Å². The Labute approximate surface area is 154 Å². The molecule has 0 fully saturated rings. The van der Waals surface area contributed by atoms with Crippen LogP contribution in [-0.4, -0.2) is 36.2 Å². The van der Waals surface area contributed by atoms with E-state index in [9.17, 15) is 24.5 Å². The SMILES string of the molecule is COC(=O)CNC(=O)C(=O)Cc1ccc(Oc2ccc([N+](=O)[O-])cc2)cc1. The highest BCUT2D eigenvalue weighted by Gasteiger charge is 2.15. The van der Waals surface area contributed by atoms with Crippen LogP contribution in [0.3, 0.4) is 0 Å². The third-order valence-corrected chi connectivity index (χ3v) is 3.45. The zero-order chi connectivity index (χ0) is 19.8. The summed E-state index contributed by atoms with van der Waals surface area (Å²) in [6.45, 7) is -0.372. The fraction of sp³-hybridized carbons (Fsp3) is 0.167. The molecule has 0 aliphatic heterocycles. The Balaban J connectivity index is 1.90. The molecular weight excluding hydrogens is 356 g/mol. The molecule has 0 radical (unpaired) electrons. The van der Waals surface area contributed by atoms with Crippen LogP contribution in [0.1, 0.15) is 5.56 Å². The molecule has 2 aromatic rings. The molecule has 0 saturated carbocycles. The van der Waals surface area contributed by atoms with Crippen molar-refractivity contribution in [3.05, 3.63) is 64.2 Å². The third kappa shape index (κ3) is 5.92. The van der Waals surface area contributed by atoms with Crippen LogP contribution < -0.4 is 10.1 Å². The molecule has 2 aromatic carbocycles. The predicted octanol–water partition coefficient (Wildman–Crippen LogP) is 1.79. The smallest absolute Gasteiger partial charge is 0.325 e. The van der Waals surface area contributed by atoms with E-state index >= 15 is 0 Å². The van der Waals surface area contributed by atoms with Crippen molar-refractivity contribution < 1.29 is 28.8 Å². The molecule has 0 spiro atoms. The number of nitrogens with zero attached hydrogens (tertiary/aromatic N) is 1. The Morgan fingerprint density at radius 2 is 1.56 bits per heavy atom. The number of nitro benzene ring substituents is 1. The minimum Gasteiger partial charge on any atom is -0.468 e. The van der Waals surface area contributed by atoms with Crippen LogP contribution in [-0.2, 0) is 25.5 Å². The highest BCUT2D eigenvalue weighted by atomic mass is 16.6. The van der Waals surface area contributed by atoms with E-state index in [1.807, 2.05) is 0 Å². The topological polar surface area (TPSA) is 125 Å². The van der Waals surface area contributed by atoms with Gasteiger partial charge in [0, 0.05) is 18.6 Å². The number of hydrogen-bond donors (Lipinski definition) is 1. The van der Waals surface area contributed by atoms with Crippen LogP contribution >= 0.6 is 0 Å². The number of benzene rings is 2. The molecule has 0 saturated heterocycles. The van der Waals surface area contributed by atoms with Gasteiger partial charge in [0.15, 0.2) is 0 Å². The maximum atomic E-state index is 11.8. The summed E-state index contributed by atoms with van der Waals surface area (Å²) in [5.41, 5.74) is 0.547. The zero-order valence-electron chi connectivity index (χ0n) is 14.3. The summed E-state index contributed by atoms with van der Waals surface area (Å²) < 4.78 is 9.93. The lowest BCUT2D eigenvalue weighted by atomic mass is 10.1. The van der Waals surface area contributed by atoms with Crippen molar-refractivity contribution in [1.29, 1.82) is 0 Å². The van der Waals surface area contributed by atoms with Gasteiger partial charge in [-0.25, -0.2) is 0 Å². The quantitative estimate of drug-likeness (QED) is 0.324. The zero-order valence-corrected chi connectivity index (χ0v) is 14.3. The lowest BCUT2D eigenvalue weighted by molar-refractivity contribution is -0.384. The number of carbonyl (C=O) groups is 3. The van der Waals surface area contributed by atoms with Crippen LogP contribution in [0.2, 0.25) is 0 Å². The first-order chi connectivity index (χ1) is 12.9. The number of hydrogen-bond acceptors (Lipinski definition) is 7. The second-order valence-electron chi connectivity index (χ2n) is 5.36. The number of amides is 1. The second-order valence-corrected chi connectivity index (χ2v) is 5.36. The molecular formula is C18H16N2O7. The summed E-state index contributed by atoms with van der Waals surface area (Å²) in [5.74, 6) is -1.32. The number of nitrogens with one attached hydrogen (secondary N) is 1. The van der Waals surface area contributed by atoms with Crippen molar-refractivity contribution in [3.63, 3.8) is 0 Å². The highest BCUT2D eigenvalue weighted by molar-refractivity contribution is 6.36. The van der Waals surface area contributed by atoms with Gasteiger partial charge in [0.1, 0.15) is 18.0 Å². The second kappa shape index (κ2) is 9.09. The highest BCUT2D eigenvalue weighted by Crippen LogP contribution is 2.24. The molecule has 0 unspecified atom stereocenters. The molecule has 140 valence electrons. The van der Waals surface area contributed by atoms with Gasteiger partial charge in [0.05, 0.1) is 12.0 Å². The number of ether oxygens (including phenoxy) is 2. The van der Waals surface area contributed by atoms with E-state index in [0.29, 0.717) is 17.1 Å². The standard InChI is InChI=1S/C18H16N2O7/c1-26-17(22)11-19-18(23)16(21)10-12-2-6-14(7-3-12)27-15-8-4-13(5-9-15)20(24)25/h2-9H,10-11H2,1H3,(H,19,23). The number of nitro groups is 1. The van der Waals surface area contributed by atoms with Crippen LogP contribution in [0.15, 0.2) is 48.5 Å². The molecule has 0 atom stereocenters. The van der Waals surface area contributed by atoms with E-state index in [0.717, 1.165) is 0 Å². The average molecular weight is 372 g/mol. The van der Waals surface area contributed by atoms with Crippen molar-refractivity contribution in [2.24, 2.45) is 0 Å². The van der Waals surface area contributed by atoms with Crippen molar-refractivity contribution in [2.75, 3.05) is 13.7 Å². The monoisotopic (exact) mass is 372 g/mol. The van der Waals surface area contributed by atoms with Gasteiger partial charge in [-0.3, -0.25) is 24.5 Å². The van der Waals surface area contributed by atoms with Crippen molar-refractivity contribution in [3.8, 4) is 11.5 Å². The maximum absolute atomic E-state index is 11.8. The Morgan fingerprint density at radius 3 is 2.07 bits per heavy atom. The van der Waals surface area contributed by atoms with E-state index in [1.165, 1.54) is 31.4 Å². The predicted molar refractivity (Wildman–Crippen MR) is 93.3 cm³/mol. The molecule has 0 aliphatic rings. The van der Waals surface area contributed by atoms with Crippen molar-refractivity contribution in [1.82, 2.24) is 5.32 Å². The van der Waals surface area contributed by atoms with Gasteiger partial charge in [-0.15, -0.1) is 0 Å². The normalized spacial score (nSPS) is 9.96. The summed E-state index contributed by atoms with van der Waals surface area (Å²) in [4.78, 5) is 44.5. The Bertz CT molecular complexity index is 845. The fourth-order valence-corrected chi connectivity index (χ4v) is 2.04. The van der Waals surface area contributed by atoms with Crippen LogP contribution in [0.4, 0.5) is 5.69 Å². The number of non-ortho nitro benzene ring substituents is 1. The summed E-state index contributed by atoms with van der Waals surface area (Å²) >= 11 is 0. The molecule has 27 heavy (non-hydrogen) atoms. The molecule has 0 heterocycles. The number of ketones is 1. The van der Waals surface area contributed by atoms with Crippen LogP contribution in [0.5, 0.6) is 11.5 Å². The Kier molecular flexibility index (Phi) is 6.59. The molecule has 9 nitrogen and oxygen atoms in total. The van der Waals surface area contributed by atoms with Gasteiger partial charge in [0.25, 0.3) is 11.6 Å². The summed E-state index contributed by atoms with van der Waals surface area (Å²) in [6, 6.07) is 12.1. The summed E-state index contributed by atoms with van der Waals surface area (Å²) in [5, 5.41) is 12.8. The van der Waals surface area contributed by atoms with E-state index in [1.54, 1.807) is 24.3 Å². The van der Waals surface area contributed by atoms with E-state index in [-0.39, 0.29) is 18.7 Å². The molecule has 1 N–H and O–H groups in total. The lowest BCUT2D eigenvalue weighted by Gasteiger charge is -2.07. The summed E-state index contributed by atoms with van der Waals surface area (Å²) in [6.07, 6.45) is -0.134. The van der Waals surface area contributed by atoms with Gasteiger partial charge in [-0.05, 0) is 29.8 Å². The minimum absolute atomic E-state index is 0.0401. The third-order valence-electron chi connectivity index (χ3n) is 3.45. The van der Waals surface area contributed by atoms with Gasteiger partial charge in [-0.2, -0.15) is 0 Å². The molecule has 0 aromatic heterocycles. The number of rotatable bonds is 8. The minimum atomic E-state index is -0.869. The Hall–Kier alpha value is -3.75. The van der Waals surface area contributed by atoms with Gasteiger partial charge in [0.2, 0.25) is 5.78 Å². The fourth-order valence-electron chi connectivity index (χ4n) is 2.04. The van der Waals surface area contributed by atoms with Gasteiger partial charge in [-0.1, -0.05) is 12.1 Å². The first kappa shape index (κ1) is 19.6. The average Bonchev–Trinajstić information content (AvgIpc) is 2.67. The molecule has 2 rings (SSSR count). The van der Waals surface area contributed by atoms with Crippen LogP contribution in [0, 0.1) is 10.1 Å². The molecule has 1 amide bonds. The van der Waals surface area contributed by atoms with E-state index in [4.69, 9.17) is 4.74 Å². The first-order valence-electron chi connectivity index (χ1n) is 7.78. The first-order valence-corrected chi connectivity index (χ1v) is 7.78. The largest absolute Gasteiger partial charge is 0.468 e. The number of carbonyl (C=O) groups excluding carboxylic acids is 3. The number of methoxy groups -OCH3 is 1. The maximum Gasteiger partial charge on any atom is 0.325 e. The van der Waals surface area contributed by atoms with Crippen molar-refractivity contribution >= 4 is 23.3 Å². The Morgan fingerprint density at radius 1 is 1.00 bits per heavy atom. The summed E-state index contributed by atoms with van der Waals surface area (Å²) in [7, 11) is 1.18. The van der Waals surface area contributed by atoms with Crippen molar-refractivity contribution in [2.45, 2.75) is 6.42 Å². The molecule has 9 heteroatoms. The van der Waals surface area contributed by atoms with Gasteiger partial charge < -0.3 is 14.8 Å². The lowest BCUT2D eigenvalue weighted by Crippen LogP contribution is -2.36.